The Bertz CT molecular complexity index is 831. The lowest BCUT2D eigenvalue weighted by molar-refractivity contribution is 0.456. The van der Waals surface area contributed by atoms with E-state index in [0.29, 0.717) is 5.88 Å². The number of ether oxygens (including phenoxy) is 1. The zero-order valence-electron chi connectivity index (χ0n) is 14.9. The highest BCUT2D eigenvalue weighted by Gasteiger charge is 2.07. The topological polar surface area (TPSA) is 47.0 Å². The molecule has 3 aromatic rings. The van der Waals surface area contributed by atoms with Gasteiger partial charge in [-0.1, -0.05) is 42.0 Å². The largest absolute Gasteiger partial charge is 0.437 e. The molecule has 0 aliphatic rings. The van der Waals surface area contributed by atoms with Gasteiger partial charge in [0.25, 0.3) is 0 Å². The molecule has 4 heteroatoms. The van der Waals surface area contributed by atoms with Crippen molar-refractivity contribution in [1.82, 2.24) is 15.3 Å². The number of nitrogens with one attached hydrogen (secondary N) is 1. The molecule has 0 radical (unpaired) electrons. The second-order valence-electron chi connectivity index (χ2n) is 6.26. The first-order chi connectivity index (χ1) is 12.1. The van der Waals surface area contributed by atoms with Crippen LogP contribution in [0.2, 0.25) is 0 Å². The molecule has 1 N–H and O–H groups in total. The maximum absolute atomic E-state index is 5.82. The normalized spacial score (nSPS) is 12.0. The van der Waals surface area contributed by atoms with Gasteiger partial charge in [0.1, 0.15) is 5.75 Å². The van der Waals surface area contributed by atoms with E-state index in [9.17, 15) is 0 Å². The molecule has 0 bridgehead atoms. The molecular weight excluding hydrogens is 310 g/mol. The lowest BCUT2D eigenvalue weighted by Crippen LogP contribution is -2.18. The zero-order chi connectivity index (χ0) is 17.6. The van der Waals surface area contributed by atoms with E-state index in [4.69, 9.17) is 4.74 Å². The summed E-state index contributed by atoms with van der Waals surface area (Å²) in [7, 11) is 0. The van der Waals surface area contributed by atoms with Crippen LogP contribution in [-0.4, -0.2) is 9.97 Å². The van der Waals surface area contributed by atoms with Crippen LogP contribution in [0.4, 0.5) is 0 Å². The van der Waals surface area contributed by atoms with Crippen molar-refractivity contribution < 1.29 is 4.74 Å². The van der Waals surface area contributed by atoms with E-state index in [1.807, 2.05) is 25.1 Å². The van der Waals surface area contributed by atoms with Crippen LogP contribution in [-0.2, 0) is 6.54 Å². The number of nitrogens with zero attached hydrogens (tertiary/aromatic N) is 2. The van der Waals surface area contributed by atoms with E-state index in [2.05, 4.69) is 59.5 Å². The quantitative estimate of drug-likeness (QED) is 0.708. The molecule has 1 heterocycles. The number of aryl methyl sites for hydroxylation is 2. The molecule has 0 fully saturated rings. The van der Waals surface area contributed by atoms with Gasteiger partial charge in [-0.15, -0.1) is 0 Å². The average Bonchev–Trinajstić information content (AvgIpc) is 2.61. The Hall–Kier alpha value is -2.72. The predicted molar refractivity (Wildman–Crippen MR) is 99.7 cm³/mol. The van der Waals surface area contributed by atoms with Gasteiger partial charge in [0, 0.05) is 18.8 Å². The van der Waals surface area contributed by atoms with Crippen LogP contribution in [0.15, 0.2) is 60.9 Å². The summed E-state index contributed by atoms with van der Waals surface area (Å²) in [5.74, 6) is 1.28. The number of benzene rings is 2. The standard InChI is InChI=1S/C21H23N3O/c1-15-7-9-18(10-8-15)13-23-17(3)19-5-4-6-20(11-19)25-21-14-22-12-16(2)24-21/h4-12,14,17,23H,13H2,1-3H3. The first-order valence-corrected chi connectivity index (χ1v) is 8.45. The fourth-order valence-corrected chi connectivity index (χ4v) is 2.55. The monoisotopic (exact) mass is 333 g/mol. The summed E-state index contributed by atoms with van der Waals surface area (Å²) < 4.78 is 5.82. The van der Waals surface area contributed by atoms with Gasteiger partial charge in [-0.2, -0.15) is 0 Å². The van der Waals surface area contributed by atoms with Gasteiger partial charge in [-0.25, -0.2) is 4.98 Å². The molecule has 128 valence electrons. The van der Waals surface area contributed by atoms with Gasteiger partial charge in [0.15, 0.2) is 0 Å². The molecule has 0 saturated heterocycles. The predicted octanol–water partition coefficient (Wildman–Crippen LogP) is 4.74. The minimum absolute atomic E-state index is 0.216. The molecule has 1 atom stereocenters. The smallest absolute Gasteiger partial charge is 0.238 e. The van der Waals surface area contributed by atoms with Crippen LogP contribution in [0.3, 0.4) is 0 Å². The SMILES string of the molecule is Cc1ccc(CNC(C)c2cccc(Oc3cncc(C)n3)c2)cc1. The first-order valence-electron chi connectivity index (χ1n) is 8.45. The van der Waals surface area contributed by atoms with E-state index >= 15 is 0 Å². The van der Waals surface area contributed by atoms with E-state index in [0.717, 1.165) is 18.0 Å². The van der Waals surface area contributed by atoms with E-state index in [1.165, 1.54) is 16.7 Å². The summed E-state index contributed by atoms with van der Waals surface area (Å²) in [5.41, 5.74) is 4.56. The highest BCUT2D eigenvalue weighted by Crippen LogP contribution is 2.23. The molecule has 0 aliphatic heterocycles. The Morgan fingerprint density at radius 3 is 2.60 bits per heavy atom. The molecule has 25 heavy (non-hydrogen) atoms. The molecule has 0 aliphatic carbocycles. The van der Waals surface area contributed by atoms with Gasteiger partial charge in [0.2, 0.25) is 5.88 Å². The molecular formula is C21H23N3O. The van der Waals surface area contributed by atoms with Crippen molar-refractivity contribution in [3.63, 3.8) is 0 Å². The van der Waals surface area contributed by atoms with Crippen LogP contribution >= 0.6 is 0 Å². The molecule has 1 unspecified atom stereocenters. The highest BCUT2D eigenvalue weighted by atomic mass is 16.5. The minimum Gasteiger partial charge on any atom is -0.437 e. The fraction of sp³-hybridized carbons (Fsp3) is 0.238. The molecule has 3 rings (SSSR count). The summed E-state index contributed by atoms with van der Waals surface area (Å²) in [4.78, 5) is 8.43. The molecule has 0 amide bonds. The van der Waals surface area contributed by atoms with Gasteiger partial charge in [-0.3, -0.25) is 4.98 Å². The Morgan fingerprint density at radius 1 is 1.04 bits per heavy atom. The van der Waals surface area contributed by atoms with Crippen LogP contribution in [0, 0.1) is 13.8 Å². The Kier molecular flexibility index (Phi) is 5.41. The van der Waals surface area contributed by atoms with E-state index < -0.39 is 0 Å². The summed E-state index contributed by atoms with van der Waals surface area (Å²) >= 11 is 0. The second-order valence-corrected chi connectivity index (χ2v) is 6.26. The lowest BCUT2D eigenvalue weighted by atomic mass is 10.1. The van der Waals surface area contributed by atoms with Crippen molar-refractivity contribution in [3.05, 3.63) is 83.3 Å². The number of hydrogen-bond donors (Lipinski definition) is 1. The maximum atomic E-state index is 5.82. The Balaban J connectivity index is 1.64. The van der Waals surface area contributed by atoms with Gasteiger partial charge < -0.3 is 10.1 Å². The molecule has 0 saturated carbocycles. The fourth-order valence-electron chi connectivity index (χ4n) is 2.55. The van der Waals surface area contributed by atoms with Gasteiger partial charge in [-0.05, 0) is 44.0 Å². The molecule has 2 aromatic carbocycles. The third-order valence-corrected chi connectivity index (χ3v) is 4.05. The third kappa shape index (κ3) is 4.88. The van der Waals surface area contributed by atoms with E-state index in [1.54, 1.807) is 12.4 Å². The summed E-state index contributed by atoms with van der Waals surface area (Å²) in [6.45, 7) is 6.98. The first kappa shape index (κ1) is 17.1. The Morgan fingerprint density at radius 2 is 1.84 bits per heavy atom. The molecule has 0 spiro atoms. The van der Waals surface area contributed by atoms with Crippen molar-refractivity contribution in [1.29, 1.82) is 0 Å². The minimum atomic E-state index is 0.216. The third-order valence-electron chi connectivity index (χ3n) is 4.05. The van der Waals surface area contributed by atoms with Crippen molar-refractivity contribution in [2.45, 2.75) is 33.4 Å². The van der Waals surface area contributed by atoms with Gasteiger partial charge in [0.05, 0.1) is 11.9 Å². The van der Waals surface area contributed by atoms with Crippen LogP contribution in [0.25, 0.3) is 0 Å². The summed E-state index contributed by atoms with van der Waals surface area (Å²) in [6, 6.07) is 16.9. The van der Waals surface area contributed by atoms with Gasteiger partial charge >= 0.3 is 0 Å². The number of rotatable bonds is 6. The number of aromatic nitrogens is 2. The second kappa shape index (κ2) is 7.90. The van der Waals surface area contributed by atoms with E-state index in [-0.39, 0.29) is 6.04 Å². The molecule has 1 aromatic heterocycles. The lowest BCUT2D eigenvalue weighted by Gasteiger charge is -2.15. The van der Waals surface area contributed by atoms with Crippen molar-refractivity contribution in [3.8, 4) is 11.6 Å². The van der Waals surface area contributed by atoms with Crippen molar-refractivity contribution in [2.75, 3.05) is 0 Å². The van der Waals surface area contributed by atoms with Crippen LogP contribution in [0.5, 0.6) is 11.6 Å². The Labute approximate surface area is 148 Å². The summed E-state index contributed by atoms with van der Waals surface area (Å²) in [6.07, 6.45) is 3.33. The maximum Gasteiger partial charge on any atom is 0.238 e. The molecule has 4 nitrogen and oxygen atoms in total. The summed E-state index contributed by atoms with van der Waals surface area (Å²) in [5, 5.41) is 3.55. The van der Waals surface area contributed by atoms with Crippen molar-refractivity contribution in [2.24, 2.45) is 0 Å². The highest BCUT2D eigenvalue weighted by molar-refractivity contribution is 5.33. The van der Waals surface area contributed by atoms with Crippen molar-refractivity contribution >= 4 is 0 Å². The number of hydrogen-bond acceptors (Lipinski definition) is 4. The van der Waals surface area contributed by atoms with Crippen LogP contribution in [0.1, 0.15) is 35.3 Å². The van der Waals surface area contributed by atoms with Crippen LogP contribution < -0.4 is 10.1 Å². The average molecular weight is 333 g/mol. The zero-order valence-corrected chi connectivity index (χ0v) is 14.9.